The average molecular weight is 497 g/mol. The Kier molecular flexibility index (Phi) is 9.22. The van der Waals surface area contributed by atoms with Crippen LogP contribution < -0.4 is 0 Å². The van der Waals surface area contributed by atoms with Gasteiger partial charge in [0, 0.05) is 25.7 Å². The maximum atomic E-state index is 12.6. The Morgan fingerprint density at radius 3 is 0.833 bits per heavy atom. The third-order valence-electron chi connectivity index (χ3n) is 6.08. The van der Waals surface area contributed by atoms with E-state index in [0.29, 0.717) is 22.3 Å². The molecular formula is C28H32O8. The summed E-state index contributed by atoms with van der Waals surface area (Å²) in [6, 6.07) is 0. The van der Waals surface area contributed by atoms with E-state index in [2.05, 4.69) is 0 Å². The van der Waals surface area contributed by atoms with Gasteiger partial charge in [-0.15, -0.1) is 0 Å². The SMILES string of the molecule is CCOC(=O)C1=C(C(=O)OCC)CC2=C(/C=C\C3=C(/C=C\2)CC(C(=O)OCC)=C(C(=O)OCC)C3)C1. The summed E-state index contributed by atoms with van der Waals surface area (Å²) in [6.07, 6.45) is 8.48. The lowest BCUT2D eigenvalue weighted by Crippen LogP contribution is -2.22. The number of rotatable bonds is 8. The Bertz CT molecular complexity index is 966. The summed E-state index contributed by atoms with van der Waals surface area (Å²) in [4.78, 5) is 50.6. The molecule has 0 aliphatic heterocycles. The van der Waals surface area contributed by atoms with E-state index in [-0.39, 0.29) is 52.1 Å². The zero-order valence-electron chi connectivity index (χ0n) is 21.2. The van der Waals surface area contributed by atoms with Gasteiger partial charge in [-0.25, -0.2) is 19.2 Å². The van der Waals surface area contributed by atoms with Crippen molar-refractivity contribution in [3.05, 3.63) is 68.9 Å². The molecule has 3 rings (SSSR count). The van der Waals surface area contributed by atoms with Crippen LogP contribution in [0.25, 0.3) is 0 Å². The van der Waals surface area contributed by atoms with Gasteiger partial charge in [0.2, 0.25) is 0 Å². The molecule has 0 amide bonds. The molecule has 3 aliphatic rings. The van der Waals surface area contributed by atoms with Gasteiger partial charge in [-0.1, -0.05) is 24.3 Å². The van der Waals surface area contributed by atoms with E-state index < -0.39 is 23.9 Å². The fraction of sp³-hybridized carbons (Fsp3) is 0.429. The number of esters is 4. The third kappa shape index (κ3) is 5.93. The minimum Gasteiger partial charge on any atom is -0.463 e. The van der Waals surface area contributed by atoms with E-state index in [1.165, 1.54) is 0 Å². The minimum absolute atomic E-state index is 0.197. The zero-order chi connectivity index (χ0) is 26.2. The summed E-state index contributed by atoms with van der Waals surface area (Å²) >= 11 is 0. The van der Waals surface area contributed by atoms with Crippen molar-refractivity contribution < 1.29 is 38.1 Å². The van der Waals surface area contributed by atoms with Crippen LogP contribution >= 0.6 is 0 Å². The summed E-state index contributed by atoms with van der Waals surface area (Å²) in [5.74, 6) is -2.13. The highest BCUT2D eigenvalue weighted by atomic mass is 16.5. The van der Waals surface area contributed by atoms with E-state index >= 15 is 0 Å². The zero-order valence-corrected chi connectivity index (χ0v) is 21.2. The largest absolute Gasteiger partial charge is 0.463 e. The van der Waals surface area contributed by atoms with E-state index in [0.717, 1.165) is 22.3 Å². The highest BCUT2D eigenvalue weighted by molar-refractivity contribution is 6.03. The van der Waals surface area contributed by atoms with Gasteiger partial charge in [0.15, 0.2) is 0 Å². The first-order valence-corrected chi connectivity index (χ1v) is 12.3. The lowest BCUT2D eigenvalue weighted by atomic mass is 9.80. The van der Waals surface area contributed by atoms with Crippen LogP contribution in [0.3, 0.4) is 0 Å². The van der Waals surface area contributed by atoms with Crippen molar-refractivity contribution in [1.29, 1.82) is 0 Å². The van der Waals surface area contributed by atoms with E-state index in [1.807, 2.05) is 24.3 Å². The molecule has 8 heteroatoms. The Morgan fingerprint density at radius 1 is 0.472 bits per heavy atom. The van der Waals surface area contributed by atoms with Gasteiger partial charge in [0.05, 0.1) is 48.7 Å². The molecule has 0 saturated heterocycles. The van der Waals surface area contributed by atoms with Crippen LogP contribution in [0.15, 0.2) is 68.9 Å². The van der Waals surface area contributed by atoms with Gasteiger partial charge in [-0.3, -0.25) is 0 Å². The maximum Gasteiger partial charge on any atom is 0.334 e. The van der Waals surface area contributed by atoms with Crippen LogP contribution in [0.5, 0.6) is 0 Å². The lowest BCUT2D eigenvalue weighted by Gasteiger charge is -2.25. The number of carbonyl (C=O) groups excluding carboxylic acids is 4. The Hall–Kier alpha value is -3.68. The van der Waals surface area contributed by atoms with Crippen molar-refractivity contribution in [2.45, 2.75) is 53.4 Å². The van der Waals surface area contributed by atoms with Crippen molar-refractivity contribution >= 4 is 23.9 Å². The Balaban J connectivity index is 1.94. The van der Waals surface area contributed by atoms with Crippen molar-refractivity contribution in [3.63, 3.8) is 0 Å². The summed E-state index contributed by atoms with van der Waals surface area (Å²) < 4.78 is 20.8. The number of hydrogen-bond acceptors (Lipinski definition) is 8. The summed E-state index contributed by atoms with van der Waals surface area (Å²) in [5.41, 5.74) is 4.64. The van der Waals surface area contributed by atoms with Gasteiger partial charge >= 0.3 is 23.9 Å². The van der Waals surface area contributed by atoms with Crippen LogP contribution in [-0.2, 0) is 38.1 Å². The molecule has 0 spiro atoms. The smallest absolute Gasteiger partial charge is 0.334 e. The van der Waals surface area contributed by atoms with Crippen molar-refractivity contribution in [3.8, 4) is 0 Å². The number of hydrogen-bond donors (Lipinski definition) is 0. The predicted molar refractivity (Wildman–Crippen MR) is 131 cm³/mol. The van der Waals surface area contributed by atoms with Crippen molar-refractivity contribution in [1.82, 2.24) is 0 Å². The molecule has 0 atom stereocenters. The number of ether oxygens (including phenoxy) is 4. The highest BCUT2D eigenvalue weighted by Crippen LogP contribution is 2.38. The standard InChI is InChI=1S/C28H32O8/c1-5-33-25(29)21-13-17-9-10-19-15-23(27(31)35-7-3)24(28(32)36-8-4)16-20(19)12-11-18(17)14-22(21)26(30)34-6-2/h9-12H,5-8,13-16H2,1-4H3/b10-9-,12-11-,17-9?,18-11?,19-10?,20-12?. The molecule has 0 N–H and O–H groups in total. The molecule has 0 aromatic rings. The first kappa shape index (κ1) is 26.9. The molecule has 0 radical (unpaired) electrons. The molecule has 0 aromatic heterocycles. The predicted octanol–water partition coefficient (Wildman–Crippen LogP) is 4.14. The summed E-state index contributed by atoms with van der Waals surface area (Å²) in [5, 5.41) is 0. The fourth-order valence-electron chi connectivity index (χ4n) is 4.36. The Labute approximate surface area is 211 Å². The molecular weight excluding hydrogens is 464 g/mol. The molecule has 0 heterocycles. The number of carbonyl (C=O) groups is 4. The second kappa shape index (κ2) is 12.3. The molecule has 3 aliphatic carbocycles. The molecule has 0 aromatic carbocycles. The Morgan fingerprint density at radius 2 is 0.667 bits per heavy atom. The van der Waals surface area contributed by atoms with Crippen LogP contribution in [-0.4, -0.2) is 50.3 Å². The quantitative estimate of drug-likeness (QED) is 0.365. The summed E-state index contributed by atoms with van der Waals surface area (Å²) in [7, 11) is 0. The van der Waals surface area contributed by atoms with E-state index in [1.54, 1.807) is 27.7 Å². The monoisotopic (exact) mass is 496 g/mol. The molecule has 8 nitrogen and oxygen atoms in total. The highest BCUT2D eigenvalue weighted by Gasteiger charge is 2.32. The molecule has 0 unspecified atom stereocenters. The average Bonchev–Trinajstić information content (AvgIpc) is 2.85. The first-order valence-electron chi connectivity index (χ1n) is 12.3. The van der Waals surface area contributed by atoms with Crippen LogP contribution in [0, 0.1) is 0 Å². The summed E-state index contributed by atoms with van der Waals surface area (Å²) in [6.45, 7) is 7.64. The van der Waals surface area contributed by atoms with Crippen LogP contribution in [0.2, 0.25) is 0 Å². The second-order valence-electron chi connectivity index (χ2n) is 8.27. The number of allylic oxidation sites excluding steroid dienone is 8. The molecule has 36 heavy (non-hydrogen) atoms. The molecule has 0 fully saturated rings. The minimum atomic E-state index is -0.532. The van der Waals surface area contributed by atoms with Crippen molar-refractivity contribution in [2.75, 3.05) is 26.4 Å². The van der Waals surface area contributed by atoms with Gasteiger partial charge in [0.25, 0.3) is 0 Å². The lowest BCUT2D eigenvalue weighted by molar-refractivity contribution is -0.142. The molecule has 0 bridgehead atoms. The van der Waals surface area contributed by atoms with Gasteiger partial charge < -0.3 is 18.9 Å². The molecule has 192 valence electrons. The normalized spacial score (nSPS) is 19.0. The fourth-order valence-corrected chi connectivity index (χ4v) is 4.36. The van der Waals surface area contributed by atoms with Gasteiger partial charge in [0.1, 0.15) is 0 Å². The molecule has 0 saturated carbocycles. The van der Waals surface area contributed by atoms with Crippen LogP contribution in [0.4, 0.5) is 0 Å². The maximum absolute atomic E-state index is 12.6. The van der Waals surface area contributed by atoms with E-state index in [4.69, 9.17) is 18.9 Å². The van der Waals surface area contributed by atoms with Gasteiger partial charge in [-0.05, 0) is 50.0 Å². The topological polar surface area (TPSA) is 105 Å². The third-order valence-corrected chi connectivity index (χ3v) is 6.08. The van der Waals surface area contributed by atoms with E-state index in [9.17, 15) is 19.2 Å². The first-order chi connectivity index (χ1) is 17.3. The van der Waals surface area contributed by atoms with Gasteiger partial charge in [-0.2, -0.15) is 0 Å². The second-order valence-corrected chi connectivity index (χ2v) is 8.27. The van der Waals surface area contributed by atoms with Crippen molar-refractivity contribution in [2.24, 2.45) is 0 Å². The van der Waals surface area contributed by atoms with Crippen LogP contribution in [0.1, 0.15) is 53.4 Å².